The smallest absolute Gasteiger partial charge is 0.250 e. The summed E-state index contributed by atoms with van der Waals surface area (Å²) in [6, 6.07) is 16.0. The number of amides is 1. The van der Waals surface area contributed by atoms with E-state index in [4.69, 9.17) is 15.2 Å². The van der Waals surface area contributed by atoms with E-state index in [0.717, 1.165) is 29.9 Å². The zero-order valence-corrected chi connectivity index (χ0v) is 16.8. The highest BCUT2D eigenvalue weighted by Crippen LogP contribution is 2.35. The summed E-state index contributed by atoms with van der Waals surface area (Å²) in [5.74, 6) is 0.968. The van der Waals surface area contributed by atoms with Crippen molar-refractivity contribution in [2.75, 3.05) is 14.2 Å². The molecule has 5 nitrogen and oxygen atoms in total. The number of primary amides is 1. The van der Waals surface area contributed by atoms with Gasteiger partial charge in [0, 0.05) is 23.9 Å². The number of benzene rings is 2. The molecule has 0 bridgehead atoms. The summed E-state index contributed by atoms with van der Waals surface area (Å²) in [4.78, 5) is 11.9. The Morgan fingerprint density at radius 1 is 1.00 bits per heavy atom. The van der Waals surface area contributed by atoms with Gasteiger partial charge in [0.15, 0.2) is 0 Å². The monoisotopic (exact) mass is 378 g/mol. The molecule has 0 fully saturated rings. The molecule has 0 spiro atoms. The van der Waals surface area contributed by atoms with Gasteiger partial charge in [-0.2, -0.15) is 0 Å². The van der Waals surface area contributed by atoms with Crippen LogP contribution in [0.3, 0.4) is 0 Å². The van der Waals surface area contributed by atoms with Crippen molar-refractivity contribution in [2.24, 2.45) is 5.73 Å². The lowest BCUT2D eigenvalue weighted by Crippen LogP contribution is -2.13. The molecule has 0 aliphatic rings. The number of nitrogens with two attached hydrogens (primary N) is 1. The number of rotatable bonds is 7. The average Bonchev–Trinajstić information content (AvgIpc) is 3.03. The molecule has 2 aromatic carbocycles. The van der Waals surface area contributed by atoms with Gasteiger partial charge in [-0.3, -0.25) is 4.79 Å². The number of aromatic nitrogens is 1. The first-order valence-electron chi connectivity index (χ1n) is 9.22. The Morgan fingerprint density at radius 3 is 2.32 bits per heavy atom. The van der Waals surface area contributed by atoms with Crippen LogP contribution in [0, 0.1) is 13.8 Å². The van der Waals surface area contributed by atoms with Crippen molar-refractivity contribution in [3.8, 4) is 22.8 Å². The number of aryl methyl sites for hydroxylation is 2. The number of nitrogens with zero attached hydrogens (tertiary/aromatic N) is 1. The Morgan fingerprint density at radius 2 is 1.71 bits per heavy atom. The molecule has 1 amide bonds. The highest BCUT2D eigenvalue weighted by Gasteiger charge is 2.19. The van der Waals surface area contributed by atoms with E-state index in [2.05, 4.69) is 35.8 Å². The summed E-state index contributed by atoms with van der Waals surface area (Å²) in [7, 11) is 3.24. The van der Waals surface area contributed by atoms with Crippen LogP contribution in [0.1, 0.15) is 27.2 Å². The first-order valence-corrected chi connectivity index (χ1v) is 9.22. The van der Waals surface area contributed by atoms with E-state index in [-0.39, 0.29) is 0 Å². The molecule has 3 rings (SSSR count). The van der Waals surface area contributed by atoms with Crippen LogP contribution in [0.5, 0.6) is 11.5 Å². The van der Waals surface area contributed by atoms with E-state index in [1.54, 1.807) is 14.2 Å². The average molecular weight is 378 g/mol. The fraction of sp³-hybridized carbons (Fsp3) is 0.261. The van der Waals surface area contributed by atoms with E-state index < -0.39 is 5.91 Å². The van der Waals surface area contributed by atoms with Gasteiger partial charge in [0.1, 0.15) is 11.5 Å². The second-order valence-corrected chi connectivity index (χ2v) is 6.85. The summed E-state index contributed by atoms with van der Waals surface area (Å²) in [5.41, 5.74) is 11.3. The SMILES string of the molecule is COc1ccc(-c2cc(C(N)=O)c(C)n2CCc2ccc(C)cc2)c(OC)c1. The van der Waals surface area contributed by atoms with Gasteiger partial charge in [0.25, 0.3) is 5.91 Å². The Balaban J connectivity index is 2.04. The maximum Gasteiger partial charge on any atom is 0.250 e. The lowest BCUT2D eigenvalue weighted by Gasteiger charge is -2.15. The molecule has 0 aliphatic carbocycles. The molecule has 28 heavy (non-hydrogen) atoms. The van der Waals surface area contributed by atoms with Crippen LogP contribution in [0.15, 0.2) is 48.5 Å². The van der Waals surface area contributed by atoms with Crippen LogP contribution in [-0.2, 0) is 13.0 Å². The van der Waals surface area contributed by atoms with Crippen LogP contribution >= 0.6 is 0 Å². The fourth-order valence-electron chi connectivity index (χ4n) is 3.41. The molecule has 1 aromatic heterocycles. The van der Waals surface area contributed by atoms with Gasteiger partial charge >= 0.3 is 0 Å². The number of carbonyl (C=O) groups is 1. The molecule has 0 saturated heterocycles. The molecule has 3 aromatic rings. The van der Waals surface area contributed by atoms with Crippen LogP contribution in [0.2, 0.25) is 0 Å². The summed E-state index contributed by atoms with van der Waals surface area (Å²) in [5, 5.41) is 0. The minimum Gasteiger partial charge on any atom is -0.497 e. The molecule has 146 valence electrons. The standard InChI is InChI=1S/C23H26N2O3/c1-15-5-7-17(8-6-15)11-12-25-16(2)20(23(24)26)14-21(25)19-10-9-18(27-3)13-22(19)28-4/h5-10,13-14H,11-12H2,1-4H3,(H2,24,26). The summed E-state index contributed by atoms with van der Waals surface area (Å²) >= 11 is 0. The molecule has 1 heterocycles. The summed E-state index contributed by atoms with van der Waals surface area (Å²) in [6.45, 7) is 4.73. The van der Waals surface area contributed by atoms with Crippen molar-refractivity contribution in [2.45, 2.75) is 26.8 Å². The minimum atomic E-state index is -0.430. The number of ether oxygens (including phenoxy) is 2. The Labute approximate surface area is 165 Å². The van der Waals surface area contributed by atoms with E-state index >= 15 is 0 Å². The quantitative estimate of drug-likeness (QED) is 0.672. The van der Waals surface area contributed by atoms with Gasteiger partial charge in [-0.25, -0.2) is 0 Å². The van der Waals surface area contributed by atoms with Crippen LogP contribution in [0.25, 0.3) is 11.3 Å². The first-order chi connectivity index (χ1) is 13.4. The van der Waals surface area contributed by atoms with Gasteiger partial charge in [-0.15, -0.1) is 0 Å². The zero-order valence-electron chi connectivity index (χ0n) is 16.8. The first kappa shape index (κ1) is 19.5. The topological polar surface area (TPSA) is 66.5 Å². The normalized spacial score (nSPS) is 10.7. The minimum absolute atomic E-state index is 0.430. The number of hydrogen-bond donors (Lipinski definition) is 1. The molecule has 0 unspecified atom stereocenters. The van der Waals surface area contributed by atoms with Gasteiger partial charge in [0.05, 0.1) is 25.5 Å². The molecule has 2 N–H and O–H groups in total. The third kappa shape index (κ3) is 3.88. The second kappa shape index (κ2) is 8.21. The van der Waals surface area contributed by atoms with Crippen LogP contribution in [-0.4, -0.2) is 24.7 Å². The van der Waals surface area contributed by atoms with Crippen LogP contribution < -0.4 is 15.2 Å². The van der Waals surface area contributed by atoms with Crippen LogP contribution in [0.4, 0.5) is 0 Å². The van der Waals surface area contributed by atoms with E-state index in [9.17, 15) is 4.79 Å². The maximum absolute atomic E-state index is 11.9. The highest BCUT2D eigenvalue weighted by atomic mass is 16.5. The van der Waals surface area contributed by atoms with Crippen molar-refractivity contribution in [3.63, 3.8) is 0 Å². The van der Waals surface area contributed by atoms with Gasteiger partial charge in [-0.1, -0.05) is 29.8 Å². The summed E-state index contributed by atoms with van der Waals surface area (Å²) < 4.78 is 13.0. The molecule has 0 atom stereocenters. The number of methoxy groups -OCH3 is 2. The molecular weight excluding hydrogens is 352 g/mol. The second-order valence-electron chi connectivity index (χ2n) is 6.85. The van der Waals surface area contributed by atoms with Gasteiger partial charge in [-0.05, 0) is 44.0 Å². The van der Waals surface area contributed by atoms with Gasteiger partial charge < -0.3 is 19.8 Å². The number of hydrogen-bond acceptors (Lipinski definition) is 3. The molecule has 0 saturated carbocycles. The van der Waals surface area contributed by atoms with E-state index in [1.807, 2.05) is 31.2 Å². The lowest BCUT2D eigenvalue weighted by molar-refractivity contribution is 0.0999. The Bertz CT molecular complexity index is 988. The molecule has 5 heteroatoms. The van der Waals surface area contributed by atoms with E-state index in [1.165, 1.54) is 11.1 Å². The Hall–Kier alpha value is -3.21. The van der Waals surface area contributed by atoms with Crippen molar-refractivity contribution in [1.29, 1.82) is 0 Å². The molecular formula is C23H26N2O3. The fourth-order valence-corrected chi connectivity index (χ4v) is 3.41. The van der Waals surface area contributed by atoms with Crippen molar-refractivity contribution in [1.82, 2.24) is 4.57 Å². The van der Waals surface area contributed by atoms with Crippen molar-refractivity contribution >= 4 is 5.91 Å². The van der Waals surface area contributed by atoms with Crippen molar-refractivity contribution in [3.05, 3.63) is 70.9 Å². The molecule has 0 radical (unpaired) electrons. The third-order valence-corrected chi connectivity index (χ3v) is 5.06. The predicted octanol–water partition coefficient (Wildman–Crippen LogP) is 4.13. The van der Waals surface area contributed by atoms with E-state index in [0.29, 0.717) is 17.1 Å². The van der Waals surface area contributed by atoms with Crippen molar-refractivity contribution < 1.29 is 14.3 Å². The summed E-state index contributed by atoms with van der Waals surface area (Å²) in [6.07, 6.45) is 0.847. The number of carbonyl (C=O) groups excluding carboxylic acids is 1. The Kier molecular flexibility index (Phi) is 5.73. The maximum atomic E-state index is 11.9. The highest BCUT2D eigenvalue weighted by molar-refractivity contribution is 5.96. The van der Waals surface area contributed by atoms with Gasteiger partial charge in [0.2, 0.25) is 0 Å². The largest absolute Gasteiger partial charge is 0.497 e. The third-order valence-electron chi connectivity index (χ3n) is 5.06. The zero-order chi connectivity index (χ0) is 20.3. The molecule has 0 aliphatic heterocycles. The lowest BCUT2D eigenvalue weighted by atomic mass is 10.1. The predicted molar refractivity (Wildman–Crippen MR) is 111 cm³/mol.